The molecule has 2 aliphatic heterocycles. The summed E-state index contributed by atoms with van der Waals surface area (Å²) in [4.78, 5) is 32.4. The monoisotopic (exact) mass is 459 g/mol. The summed E-state index contributed by atoms with van der Waals surface area (Å²) in [7, 11) is 1.48. The van der Waals surface area contributed by atoms with Crippen LogP contribution in [0.1, 0.15) is 24.8 Å². The van der Waals surface area contributed by atoms with Gasteiger partial charge in [0.05, 0.1) is 24.5 Å². The van der Waals surface area contributed by atoms with Gasteiger partial charge >= 0.3 is 0 Å². The normalized spacial score (nSPS) is 18.6. The third-order valence-corrected chi connectivity index (χ3v) is 6.39. The number of ether oxygens (including phenoxy) is 2. The fourth-order valence-corrected chi connectivity index (χ4v) is 4.54. The fraction of sp³-hybridized carbons (Fsp3) is 0.417. The molecule has 0 spiro atoms. The second-order valence-electron chi connectivity index (χ2n) is 8.50. The van der Waals surface area contributed by atoms with Crippen molar-refractivity contribution in [2.24, 2.45) is 5.92 Å². The zero-order valence-electron chi connectivity index (χ0n) is 18.9. The van der Waals surface area contributed by atoms with Crippen LogP contribution in [0.5, 0.6) is 5.88 Å². The lowest BCUT2D eigenvalue weighted by Gasteiger charge is -2.26. The van der Waals surface area contributed by atoms with Crippen molar-refractivity contribution in [3.8, 4) is 23.2 Å². The Morgan fingerprint density at radius 1 is 1.18 bits per heavy atom. The van der Waals surface area contributed by atoms with Crippen molar-refractivity contribution in [1.29, 1.82) is 5.26 Å². The molecule has 2 aliphatic rings. The standard InChI is InChI=1S/C24H25N7O3/c1-33-23-16(10-25)8-17(11-27-23)20-9-19-21(12-26-20)28-14-29-22(19)30-18-2-5-31(13-18)24(32)15-3-6-34-7-4-15/h8-9,11-12,14-15,18H,2-7,13H2,1H3,(H,28,29,30)/t18-/m0/s1. The van der Waals surface area contributed by atoms with Gasteiger partial charge < -0.3 is 19.7 Å². The summed E-state index contributed by atoms with van der Waals surface area (Å²) in [6, 6.07) is 5.80. The van der Waals surface area contributed by atoms with E-state index in [4.69, 9.17) is 9.47 Å². The maximum absolute atomic E-state index is 12.9. The molecule has 174 valence electrons. The Hall–Kier alpha value is -3.84. The topological polar surface area (TPSA) is 126 Å². The molecule has 0 bridgehead atoms. The molecule has 0 unspecified atom stereocenters. The van der Waals surface area contributed by atoms with Crippen molar-refractivity contribution in [2.75, 3.05) is 38.7 Å². The average molecular weight is 460 g/mol. The number of carbonyl (C=O) groups excluding carboxylic acids is 1. The Balaban J connectivity index is 1.36. The molecule has 2 fully saturated rings. The van der Waals surface area contributed by atoms with Gasteiger partial charge in [-0.05, 0) is 31.4 Å². The number of hydrogen-bond donors (Lipinski definition) is 1. The molecular weight excluding hydrogens is 434 g/mol. The summed E-state index contributed by atoms with van der Waals surface area (Å²) in [5.41, 5.74) is 2.39. The van der Waals surface area contributed by atoms with E-state index in [1.807, 2.05) is 11.0 Å². The number of methoxy groups -OCH3 is 1. The van der Waals surface area contributed by atoms with Crippen molar-refractivity contribution < 1.29 is 14.3 Å². The first kappa shape index (κ1) is 22.0. The summed E-state index contributed by atoms with van der Waals surface area (Å²) in [6.45, 7) is 2.70. The SMILES string of the molecule is COc1ncc(-c2cc3c(N[C@H]4CCN(C(=O)C5CCOCC5)C4)ncnc3cn2)cc1C#N. The van der Waals surface area contributed by atoms with Crippen LogP contribution in [-0.4, -0.2) is 70.2 Å². The van der Waals surface area contributed by atoms with E-state index in [2.05, 4.69) is 31.3 Å². The molecule has 5 heterocycles. The van der Waals surface area contributed by atoms with Gasteiger partial charge in [0.2, 0.25) is 11.8 Å². The lowest BCUT2D eigenvalue weighted by molar-refractivity contribution is -0.137. The number of nitrogens with zero attached hydrogens (tertiary/aromatic N) is 6. The number of pyridine rings is 2. The Morgan fingerprint density at radius 3 is 2.82 bits per heavy atom. The summed E-state index contributed by atoms with van der Waals surface area (Å²) in [6.07, 6.45) is 7.27. The molecule has 10 heteroatoms. The van der Waals surface area contributed by atoms with E-state index in [0.717, 1.165) is 31.2 Å². The highest BCUT2D eigenvalue weighted by molar-refractivity contribution is 5.91. The van der Waals surface area contributed by atoms with Crippen LogP contribution in [0.25, 0.3) is 22.2 Å². The number of anilines is 1. The van der Waals surface area contributed by atoms with E-state index in [-0.39, 0.29) is 23.7 Å². The summed E-state index contributed by atoms with van der Waals surface area (Å²) in [5.74, 6) is 1.27. The molecule has 0 aliphatic carbocycles. The lowest BCUT2D eigenvalue weighted by Crippen LogP contribution is -2.38. The van der Waals surface area contributed by atoms with Crippen molar-refractivity contribution in [3.05, 3.63) is 36.4 Å². The minimum atomic E-state index is 0.0671. The minimum absolute atomic E-state index is 0.0671. The number of nitrogens with one attached hydrogen (secondary N) is 1. The molecular formula is C24H25N7O3. The third kappa shape index (κ3) is 4.34. The quantitative estimate of drug-likeness (QED) is 0.612. The van der Waals surface area contributed by atoms with E-state index >= 15 is 0 Å². The summed E-state index contributed by atoms with van der Waals surface area (Å²) >= 11 is 0. The predicted molar refractivity (Wildman–Crippen MR) is 124 cm³/mol. The zero-order valence-corrected chi connectivity index (χ0v) is 18.9. The average Bonchev–Trinajstić information content (AvgIpc) is 3.36. The van der Waals surface area contributed by atoms with E-state index in [0.29, 0.717) is 47.9 Å². The molecule has 10 nitrogen and oxygen atoms in total. The maximum atomic E-state index is 12.9. The molecule has 34 heavy (non-hydrogen) atoms. The number of fused-ring (bicyclic) bond motifs is 1. The predicted octanol–water partition coefficient (Wildman–Crippen LogP) is 2.41. The molecule has 1 atom stereocenters. The molecule has 0 saturated carbocycles. The van der Waals surface area contributed by atoms with Gasteiger partial charge in [0.25, 0.3) is 0 Å². The molecule has 1 amide bonds. The van der Waals surface area contributed by atoms with Gasteiger partial charge in [-0.1, -0.05) is 0 Å². The third-order valence-electron chi connectivity index (χ3n) is 6.39. The van der Waals surface area contributed by atoms with Crippen molar-refractivity contribution in [2.45, 2.75) is 25.3 Å². The fourth-order valence-electron chi connectivity index (χ4n) is 4.54. The highest BCUT2D eigenvalue weighted by Crippen LogP contribution is 2.28. The van der Waals surface area contributed by atoms with Crippen LogP contribution in [0.4, 0.5) is 5.82 Å². The number of amides is 1. The first-order chi connectivity index (χ1) is 16.7. The van der Waals surface area contributed by atoms with Crippen LogP contribution < -0.4 is 10.1 Å². The number of nitriles is 1. The van der Waals surface area contributed by atoms with E-state index < -0.39 is 0 Å². The molecule has 5 rings (SSSR count). The van der Waals surface area contributed by atoms with Crippen molar-refractivity contribution >= 4 is 22.6 Å². The molecule has 3 aromatic rings. The van der Waals surface area contributed by atoms with Crippen molar-refractivity contribution in [3.63, 3.8) is 0 Å². The minimum Gasteiger partial charge on any atom is -0.480 e. The van der Waals surface area contributed by atoms with Gasteiger partial charge in [-0.15, -0.1) is 0 Å². The van der Waals surface area contributed by atoms with Gasteiger partial charge in [0.1, 0.15) is 23.8 Å². The van der Waals surface area contributed by atoms with Crippen LogP contribution in [0.2, 0.25) is 0 Å². The molecule has 2 saturated heterocycles. The number of hydrogen-bond acceptors (Lipinski definition) is 9. The number of likely N-dealkylation sites (tertiary alicyclic amines) is 1. The highest BCUT2D eigenvalue weighted by atomic mass is 16.5. The van der Waals surface area contributed by atoms with E-state index in [9.17, 15) is 10.1 Å². The second kappa shape index (κ2) is 9.57. The van der Waals surface area contributed by atoms with Crippen LogP contribution in [-0.2, 0) is 9.53 Å². The summed E-state index contributed by atoms with van der Waals surface area (Å²) in [5, 5.41) is 13.7. The summed E-state index contributed by atoms with van der Waals surface area (Å²) < 4.78 is 10.5. The second-order valence-corrected chi connectivity index (χ2v) is 8.50. The molecule has 0 radical (unpaired) electrons. The van der Waals surface area contributed by atoms with Crippen LogP contribution in [0.3, 0.4) is 0 Å². The largest absolute Gasteiger partial charge is 0.480 e. The van der Waals surface area contributed by atoms with Gasteiger partial charge in [0, 0.05) is 55.4 Å². The highest BCUT2D eigenvalue weighted by Gasteiger charge is 2.32. The lowest BCUT2D eigenvalue weighted by atomic mass is 9.99. The Morgan fingerprint density at radius 2 is 2.03 bits per heavy atom. The maximum Gasteiger partial charge on any atom is 0.231 e. The Labute approximate surface area is 197 Å². The number of aromatic nitrogens is 4. The smallest absolute Gasteiger partial charge is 0.231 e. The van der Waals surface area contributed by atoms with Gasteiger partial charge in [-0.3, -0.25) is 9.78 Å². The van der Waals surface area contributed by atoms with E-state index in [1.165, 1.54) is 13.4 Å². The van der Waals surface area contributed by atoms with Crippen molar-refractivity contribution in [1.82, 2.24) is 24.8 Å². The Kier molecular flexibility index (Phi) is 6.18. The molecule has 0 aromatic carbocycles. The number of rotatable bonds is 5. The van der Waals surface area contributed by atoms with Crippen LogP contribution in [0, 0.1) is 17.2 Å². The van der Waals surface area contributed by atoms with Gasteiger partial charge in [-0.25, -0.2) is 15.0 Å². The molecule has 3 aromatic heterocycles. The number of carbonyl (C=O) groups is 1. The first-order valence-corrected chi connectivity index (χ1v) is 11.3. The van der Waals surface area contributed by atoms with Gasteiger partial charge in [0.15, 0.2) is 0 Å². The Bertz CT molecular complexity index is 1250. The molecule has 1 N–H and O–H groups in total. The van der Waals surface area contributed by atoms with Gasteiger partial charge in [-0.2, -0.15) is 5.26 Å². The van der Waals surface area contributed by atoms with E-state index in [1.54, 1.807) is 18.5 Å². The first-order valence-electron chi connectivity index (χ1n) is 11.3. The van der Waals surface area contributed by atoms with Crippen LogP contribution >= 0.6 is 0 Å². The van der Waals surface area contributed by atoms with Crippen LogP contribution in [0.15, 0.2) is 30.9 Å². The zero-order chi connectivity index (χ0) is 23.5.